The zero-order chi connectivity index (χ0) is 26.7. The van der Waals surface area contributed by atoms with E-state index < -0.39 is 0 Å². The Labute approximate surface area is 219 Å². The third-order valence-corrected chi connectivity index (χ3v) is 9.28. The van der Waals surface area contributed by atoms with Crippen LogP contribution in [-0.2, 0) is 39.3 Å². The molecule has 2 aliphatic carbocycles. The molecule has 0 radical (unpaired) electrons. The summed E-state index contributed by atoms with van der Waals surface area (Å²) in [4.78, 5) is 13.5. The average molecular weight is 491 g/mol. The van der Waals surface area contributed by atoms with E-state index in [1.54, 1.807) is 14.2 Å². The van der Waals surface area contributed by atoms with Crippen molar-refractivity contribution in [1.29, 1.82) is 0 Å². The van der Waals surface area contributed by atoms with Gasteiger partial charge >= 0.3 is 0 Å². The zero-order valence-corrected chi connectivity index (χ0v) is 24.3. The van der Waals surface area contributed by atoms with Crippen molar-refractivity contribution in [2.45, 2.75) is 116 Å². The van der Waals surface area contributed by atoms with Gasteiger partial charge in [-0.05, 0) is 81.7 Å². The number of Topliss-reactive ketones (excluding diaryl/α,β-unsaturated/α-hetero) is 1. The van der Waals surface area contributed by atoms with E-state index in [0.717, 1.165) is 48.3 Å². The zero-order valence-electron chi connectivity index (χ0n) is 24.3. The topological polar surface area (TPSA) is 35.5 Å². The maximum atomic E-state index is 13.5. The van der Waals surface area contributed by atoms with Gasteiger partial charge in [0.1, 0.15) is 17.3 Å². The molecule has 2 aromatic carbocycles. The SMILES string of the molecule is COc1cc2c(cc1CC(=O)Cc1cc3c(cc1OC)C(C)(C)CCC3(C)C)C(C)(C)CCC2(C)C. The van der Waals surface area contributed by atoms with Gasteiger partial charge in [0.15, 0.2) is 0 Å². The fourth-order valence-electron chi connectivity index (χ4n) is 6.42. The first-order valence-corrected chi connectivity index (χ1v) is 13.6. The number of carbonyl (C=O) groups excluding carboxylic acids is 1. The van der Waals surface area contributed by atoms with Gasteiger partial charge in [-0.1, -0.05) is 67.5 Å². The fourth-order valence-corrected chi connectivity index (χ4v) is 6.42. The molecule has 0 unspecified atom stereocenters. The molecule has 0 spiro atoms. The van der Waals surface area contributed by atoms with Crippen molar-refractivity contribution in [3.8, 4) is 11.5 Å². The molecule has 0 N–H and O–H groups in total. The standard InChI is InChI=1S/C33H46O3/c1-30(2)11-13-32(5,6)26-19-28(35-9)21(17-24(26)30)15-23(34)16-22-18-25-27(20-29(22)36-10)33(7,8)14-12-31(25,3)4/h17-20H,11-16H2,1-10H3. The van der Waals surface area contributed by atoms with E-state index in [1.165, 1.54) is 22.3 Å². The molecule has 36 heavy (non-hydrogen) atoms. The van der Waals surface area contributed by atoms with Gasteiger partial charge in [-0.15, -0.1) is 0 Å². The summed E-state index contributed by atoms with van der Waals surface area (Å²) in [5.74, 6) is 1.84. The van der Waals surface area contributed by atoms with Gasteiger partial charge in [0.25, 0.3) is 0 Å². The van der Waals surface area contributed by atoms with Crippen LogP contribution in [0.4, 0.5) is 0 Å². The fraction of sp³-hybridized carbons (Fsp3) is 0.606. The van der Waals surface area contributed by atoms with Gasteiger partial charge in [0.05, 0.1) is 14.2 Å². The summed E-state index contributed by atoms with van der Waals surface area (Å²) < 4.78 is 11.6. The third kappa shape index (κ3) is 4.71. The molecule has 0 amide bonds. The highest BCUT2D eigenvalue weighted by molar-refractivity contribution is 5.84. The van der Waals surface area contributed by atoms with Crippen LogP contribution in [0.2, 0.25) is 0 Å². The van der Waals surface area contributed by atoms with Crippen molar-refractivity contribution in [2.24, 2.45) is 0 Å². The van der Waals surface area contributed by atoms with Crippen LogP contribution in [0.3, 0.4) is 0 Å². The molecule has 0 bridgehead atoms. The molecular weight excluding hydrogens is 444 g/mol. The molecule has 3 heteroatoms. The highest BCUT2D eigenvalue weighted by atomic mass is 16.5. The molecule has 0 atom stereocenters. The molecule has 0 aromatic heterocycles. The molecule has 3 nitrogen and oxygen atoms in total. The minimum Gasteiger partial charge on any atom is -0.496 e. The highest BCUT2D eigenvalue weighted by Crippen LogP contribution is 2.49. The molecule has 0 fully saturated rings. The van der Waals surface area contributed by atoms with Crippen LogP contribution in [0.1, 0.15) is 114 Å². The predicted octanol–water partition coefficient (Wildman–Crippen LogP) is 7.76. The monoisotopic (exact) mass is 490 g/mol. The Bertz CT molecular complexity index is 1090. The minimum atomic E-state index is 0.0923. The molecule has 0 saturated heterocycles. The summed E-state index contributed by atoms with van der Waals surface area (Å²) in [6.45, 7) is 18.5. The number of methoxy groups -OCH3 is 2. The lowest BCUT2D eigenvalue weighted by Gasteiger charge is -2.42. The first-order chi connectivity index (χ1) is 16.6. The lowest BCUT2D eigenvalue weighted by molar-refractivity contribution is -0.117. The number of fused-ring (bicyclic) bond motifs is 2. The van der Waals surface area contributed by atoms with E-state index in [9.17, 15) is 4.79 Å². The number of benzene rings is 2. The number of carbonyl (C=O) groups is 1. The van der Waals surface area contributed by atoms with Crippen molar-refractivity contribution in [3.63, 3.8) is 0 Å². The van der Waals surface area contributed by atoms with E-state index in [0.29, 0.717) is 12.8 Å². The summed E-state index contributed by atoms with van der Waals surface area (Å²) in [5, 5.41) is 0. The second-order valence-electron chi connectivity index (χ2n) is 13.8. The van der Waals surface area contributed by atoms with Crippen molar-refractivity contribution in [1.82, 2.24) is 0 Å². The van der Waals surface area contributed by atoms with Gasteiger partial charge in [-0.2, -0.15) is 0 Å². The molecule has 4 rings (SSSR count). The number of hydrogen-bond acceptors (Lipinski definition) is 3. The molecule has 196 valence electrons. The van der Waals surface area contributed by atoms with Crippen molar-refractivity contribution >= 4 is 5.78 Å². The molecular formula is C33H46O3. The normalized spacial score (nSPS) is 20.7. The number of hydrogen-bond donors (Lipinski definition) is 0. The summed E-state index contributed by atoms with van der Waals surface area (Å²) in [6, 6.07) is 8.90. The second-order valence-corrected chi connectivity index (χ2v) is 13.8. The van der Waals surface area contributed by atoms with Crippen molar-refractivity contribution < 1.29 is 14.3 Å². The van der Waals surface area contributed by atoms with Gasteiger partial charge < -0.3 is 9.47 Å². The van der Waals surface area contributed by atoms with Crippen LogP contribution >= 0.6 is 0 Å². The Morgan fingerprint density at radius 2 is 0.861 bits per heavy atom. The van der Waals surface area contributed by atoms with Gasteiger partial charge in [0.2, 0.25) is 0 Å². The first kappa shape index (κ1) is 26.8. The van der Waals surface area contributed by atoms with E-state index in [1.807, 2.05) is 0 Å². The van der Waals surface area contributed by atoms with Crippen molar-refractivity contribution in [3.05, 3.63) is 57.6 Å². The average Bonchev–Trinajstić information content (AvgIpc) is 2.79. The number of ether oxygens (including phenoxy) is 2. The summed E-state index contributed by atoms with van der Waals surface area (Å²) >= 11 is 0. The van der Waals surface area contributed by atoms with Crippen LogP contribution in [0, 0.1) is 0 Å². The van der Waals surface area contributed by atoms with Crippen molar-refractivity contribution in [2.75, 3.05) is 14.2 Å². The molecule has 2 aliphatic rings. The van der Waals surface area contributed by atoms with Gasteiger partial charge in [-0.3, -0.25) is 4.79 Å². The van der Waals surface area contributed by atoms with Crippen LogP contribution < -0.4 is 9.47 Å². The van der Waals surface area contributed by atoms with Gasteiger partial charge in [-0.25, -0.2) is 0 Å². The Balaban J connectivity index is 1.68. The first-order valence-electron chi connectivity index (χ1n) is 13.6. The molecule has 0 heterocycles. The van der Waals surface area contributed by atoms with Crippen LogP contribution in [0.25, 0.3) is 0 Å². The molecule has 0 saturated carbocycles. The quantitative estimate of drug-likeness (QED) is 0.415. The Morgan fingerprint density at radius 3 is 1.14 bits per heavy atom. The number of rotatable bonds is 6. The second kappa shape index (κ2) is 8.92. The highest BCUT2D eigenvalue weighted by Gasteiger charge is 2.39. The lowest BCUT2D eigenvalue weighted by Crippen LogP contribution is -2.34. The maximum Gasteiger partial charge on any atom is 0.141 e. The number of ketones is 1. The minimum absolute atomic E-state index is 0.0923. The third-order valence-electron chi connectivity index (χ3n) is 9.28. The molecule has 2 aromatic rings. The summed E-state index contributed by atoms with van der Waals surface area (Å²) in [7, 11) is 3.43. The smallest absolute Gasteiger partial charge is 0.141 e. The summed E-state index contributed by atoms with van der Waals surface area (Å²) in [5.41, 5.74) is 7.81. The maximum absolute atomic E-state index is 13.5. The van der Waals surface area contributed by atoms with E-state index in [-0.39, 0.29) is 27.4 Å². The Morgan fingerprint density at radius 1 is 0.583 bits per heavy atom. The molecule has 0 aliphatic heterocycles. The Hall–Kier alpha value is -2.29. The van der Waals surface area contributed by atoms with E-state index >= 15 is 0 Å². The van der Waals surface area contributed by atoms with E-state index in [4.69, 9.17) is 9.47 Å². The van der Waals surface area contributed by atoms with Crippen LogP contribution in [0.5, 0.6) is 11.5 Å². The largest absolute Gasteiger partial charge is 0.496 e. The van der Waals surface area contributed by atoms with E-state index in [2.05, 4.69) is 79.7 Å². The van der Waals surface area contributed by atoms with Crippen LogP contribution in [-0.4, -0.2) is 20.0 Å². The van der Waals surface area contributed by atoms with Gasteiger partial charge in [0, 0.05) is 24.0 Å². The van der Waals surface area contributed by atoms with Crippen LogP contribution in [0.15, 0.2) is 24.3 Å². The Kier molecular flexibility index (Phi) is 6.63. The predicted molar refractivity (Wildman–Crippen MR) is 149 cm³/mol. The summed E-state index contributed by atoms with van der Waals surface area (Å²) in [6.07, 6.45) is 5.32. The lowest BCUT2D eigenvalue weighted by atomic mass is 9.62.